The minimum Gasteiger partial charge on any atom is -0.379 e. The molecule has 1 aromatic heterocycles. The van der Waals surface area contributed by atoms with Gasteiger partial charge in [-0.15, -0.1) is 0 Å². The van der Waals surface area contributed by atoms with E-state index in [1.807, 2.05) is 0 Å². The van der Waals surface area contributed by atoms with E-state index in [4.69, 9.17) is 28.3 Å². The topological polar surface area (TPSA) is 33.1 Å². The Morgan fingerprint density at radius 3 is 2.27 bits per heavy atom. The van der Waals surface area contributed by atoms with Crippen LogP contribution in [0.1, 0.15) is 11.7 Å². The first-order valence-corrected chi connectivity index (χ1v) is 4.25. The van der Waals surface area contributed by atoms with Crippen LogP contribution in [0.5, 0.6) is 0 Å². The lowest BCUT2D eigenvalue weighted by Crippen LogP contribution is -2.21. The number of aliphatic hydroxyl groups excluding tert-OH is 1. The summed E-state index contributed by atoms with van der Waals surface area (Å²) in [7, 11) is 0. The molecule has 0 aliphatic rings. The normalized spacial score (nSPS) is 14.1. The fourth-order valence-electron chi connectivity index (χ4n) is 0.828. The van der Waals surface area contributed by atoms with Gasteiger partial charge in [0.1, 0.15) is 5.15 Å². The van der Waals surface area contributed by atoms with E-state index in [1.165, 1.54) is 0 Å². The van der Waals surface area contributed by atoms with Gasteiger partial charge in [0.15, 0.2) is 17.1 Å². The molecule has 0 aromatic carbocycles. The van der Waals surface area contributed by atoms with Crippen molar-refractivity contribution in [2.45, 2.75) is 12.3 Å². The molecule has 84 valence electrons. The van der Waals surface area contributed by atoms with Gasteiger partial charge >= 0.3 is 6.18 Å². The van der Waals surface area contributed by atoms with Crippen molar-refractivity contribution < 1.29 is 22.7 Å². The Hall–Kier alpha value is -0.590. The molecule has 0 aliphatic carbocycles. The maximum atomic E-state index is 12.8. The van der Waals surface area contributed by atoms with Gasteiger partial charge in [-0.2, -0.15) is 13.2 Å². The SMILES string of the molecule is O[C@@H](c1cc(F)c(Cl)nc1Cl)C(F)(F)F. The Bertz CT molecular complexity index is 382. The second-order valence-electron chi connectivity index (χ2n) is 2.59. The molecule has 0 fully saturated rings. The minimum atomic E-state index is -4.94. The highest BCUT2D eigenvalue weighted by Crippen LogP contribution is 2.36. The van der Waals surface area contributed by atoms with Crippen molar-refractivity contribution in [2.24, 2.45) is 0 Å². The Morgan fingerprint density at radius 1 is 1.27 bits per heavy atom. The van der Waals surface area contributed by atoms with Crippen LogP contribution in [0.15, 0.2) is 6.07 Å². The van der Waals surface area contributed by atoms with Gasteiger partial charge in [-0.25, -0.2) is 9.37 Å². The molecule has 1 rings (SSSR count). The van der Waals surface area contributed by atoms with Crippen LogP contribution in [0, 0.1) is 5.82 Å². The number of alkyl halides is 3. The van der Waals surface area contributed by atoms with E-state index in [9.17, 15) is 17.6 Å². The first kappa shape index (κ1) is 12.5. The Morgan fingerprint density at radius 2 is 1.80 bits per heavy atom. The van der Waals surface area contributed by atoms with Crippen LogP contribution in [0.25, 0.3) is 0 Å². The predicted octanol–water partition coefficient (Wildman–Crippen LogP) is 3.12. The summed E-state index contributed by atoms with van der Waals surface area (Å²) in [6.07, 6.45) is -7.82. The van der Waals surface area contributed by atoms with Gasteiger partial charge in [0.05, 0.1) is 0 Å². The van der Waals surface area contributed by atoms with Gasteiger partial charge < -0.3 is 5.11 Å². The number of nitrogens with zero attached hydrogens (tertiary/aromatic N) is 1. The molecule has 1 aromatic rings. The molecule has 0 amide bonds. The summed E-state index contributed by atoms with van der Waals surface area (Å²) < 4.78 is 48.9. The van der Waals surface area contributed by atoms with Gasteiger partial charge in [-0.3, -0.25) is 0 Å². The molecule has 0 bridgehead atoms. The average Bonchev–Trinajstić information content (AvgIpc) is 2.08. The fraction of sp³-hybridized carbons (Fsp3) is 0.286. The summed E-state index contributed by atoms with van der Waals surface area (Å²) in [5.74, 6) is -1.18. The van der Waals surface area contributed by atoms with Crippen LogP contribution in [0.2, 0.25) is 10.3 Å². The van der Waals surface area contributed by atoms with Crippen LogP contribution >= 0.6 is 23.2 Å². The summed E-state index contributed by atoms with van der Waals surface area (Å²) in [6, 6.07) is 0.399. The lowest BCUT2D eigenvalue weighted by molar-refractivity contribution is -0.206. The monoisotopic (exact) mass is 263 g/mol. The molecule has 0 radical (unpaired) electrons. The number of aromatic nitrogens is 1. The van der Waals surface area contributed by atoms with Gasteiger partial charge in [0, 0.05) is 5.56 Å². The van der Waals surface area contributed by atoms with Crippen LogP contribution in [0.4, 0.5) is 17.6 Å². The minimum absolute atomic E-state index is 0.399. The van der Waals surface area contributed by atoms with Crippen molar-refractivity contribution in [1.82, 2.24) is 4.98 Å². The number of aliphatic hydroxyl groups is 1. The third-order valence-electron chi connectivity index (χ3n) is 1.52. The first-order chi connectivity index (χ1) is 6.73. The van der Waals surface area contributed by atoms with Crippen molar-refractivity contribution in [1.29, 1.82) is 0 Å². The lowest BCUT2D eigenvalue weighted by Gasteiger charge is -2.15. The van der Waals surface area contributed by atoms with E-state index in [2.05, 4.69) is 4.98 Å². The third-order valence-corrected chi connectivity index (χ3v) is 2.09. The molecule has 1 heterocycles. The van der Waals surface area contributed by atoms with Gasteiger partial charge in [0.2, 0.25) is 0 Å². The summed E-state index contributed by atoms with van der Waals surface area (Å²) >= 11 is 10.5. The molecule has 2 nitrogen and oxygen atoms in total. The number of hydrogen-bond acceptors (Lipinski definition) is 2. The summed E-state index contributed by atoms with van der Waals surface area (Å²) in [5.41, 5.74) is -0.869. The highest BCUT2D eigenvalue weighted by molar-refractivity contribution is 6.33. The maximum absolute atomic E-state index is 12.8. The molecule has 0 unspecified atom stereocenters. The number of pyridine rings is 1. The molecule has 0 saturated heterocycles. The second-order valence-corrected chi connectivity index (χ2v) is 3.30. The fourth-order valence-corrected chi connectivity index (χ4v) is 1.25. The number of hydrogen-bond donors (Lipinski definition) is 1. The van der Waals surface area contributed by atoms with Gasteiger partial charge in [-0.1, -0.05) is 23.2 Å². The predicted molar refractivity (Wildman–Crippen MR) is 45.2 cm³/mol. The first-order valence-electron chi connectivity index (χ1n) is 3.49. The van der Waals surface area contributed by atoms with E-state index in [1.54, 1.807) is 0 Å². The Balaban J connectivity index is 3.21. The molecule has 0 saturated carbocycles. The maximum Gasteiger partial charge on any atom is 0.418 e. The van der Waals surface area contributed by atoms with Crippen LogP contribution in [-0.4, -0.2) is 16.3 Å². The van der Waals surface area contributed by atoms with Crippen LogP contribution < -0.4 is 0 Å². The Labute approximate surface area is 91.4 Å². The quantitative estimate of drug-likeness (QED) is 0.624. The third kappa shape index (κ3) is 2.70. The van der Waals surface area contributed by atoms with E-state index >= 15 is 0 Å². The molecule has 1 N–H and O–H groups in total. The smallest absolute Gasteiger partial charge is 0.379 e. The molecular formula is C7H3Cl2F4NO. The average molecular weight is 264 g/mol. The van der Waals surface area contributed by atoms with Crippen molar-refractivity contribution >= 4 is 23.2 Å². The van der Waals surface area contributed by atoms with E-state index in [0.29, 0.717) is 6.07 Å². The zero-order valence-electron chi connectivity index (χ0n) is 6.82. The standard InChI is InChI=1S/C7H3Cl2F4NO/c8-5-2(4(15)7(11,12)13)1-3(10)6(9)14-5/h1,4,15H/t4-/m0/s1. The zero-order valence-corrected chi connectivity index (χ0v) is 8.33. The number of halogens is 6. The van der Waals surface area contributed by atoms with Crippen LogP contribution in [-0.2, 0) is 0 Å². The largest absolute Gasteiger partial charge is 0.418 e. The van der Waals surface area contributed by atoms with E-state index in [0.717, 1.165) is 0 Å². The van der Waals surface area contributed by atoms with Gasteiger partial charge in [0.25, 0.3) is 0 Å². The second kappa shape index (κ2) is 4.11. The number of rotatable bonds is 1. The molecular weight excluding hydrogens is 261 g/mol. The van der Waals surface area contributed by atoms with Crippen LogP contribution in [0.3, 0.4) is 0 Å². The summed E-state index contributed by atoms with van der Waals surface area (Å²) in [5, 5.41) is 7.45. The van der Waals surface area contributed by atoms with Gasteiger partial charge in [-0.05, 0) is 6.07 Å². The highest BCUT2D eigenvalue weighted by Gasteiger charge is 2.41. The summed E-state index contributed by atoms with van der Waals surface area (Å²) in [6.45, 7) is 0. The lowest BCUT2D eigenvalue weighted by atomic mass is 10.1. The molecule has 8 heteroatoms. The van der Waals surface area contributed by atoms with Crippen molar-refractivity contribution in [2.75, 3.05) is 0 Å². The molecule has 15 heavy (non-hydrogen) atoms. The molecule has 0 spiro atoms. The van der Waals surface area contributed by atoms with E-state index in [-0.39, 0.29) is 0 Å². The van der Waals surface area contributed by atoms with Crippen molar-refractivity contribution in [3.05, 3.63) is 27.8 Å². The molecule has 0 aliphatic heterocycles. The van der Waals surface area contributed by atoms with Crippen molar-refractivity contribution in [3.63, 3.8) is 0 Å². The van der Waals surface area contributed by atoms with Crippen molar-refractivity contribution in [3.8, 4) is 0 Å². The highest BCUT2D eigenvalue weighted by atomic mass is 35.5. The Kier molecular flexibility index (Phi) is 3.42. The van der Waals surface area contributed by atoms with E-state index < -0.39 is 34.0 Å². The zero-order chi connectivity index (χ0) is 11.8. The summed E-state index contributed by atoms with van der Waals surface area (Å²) in [4.78, 5) is 3.10. The molecule has 1 atom stereocenters.